The fourth-order valence-corrected chi connectivity index (χ4v) is 3.25. The Morgan fingerprint density at radius 2 is 2.25 bits per heavy atom. The minimum Gasteiger partial charge on any atom is -0.314 e. The van der Waals surface area contributed by atoms with Crippen molar-refractivity contribution in [3.8, 4) is 0 Å². The molecule has 1 aliphatic rings. The number of thiophene rings is 1. The summed E-state index contributed by atoms with van der Waals surface area (Å²) in [5.74, 6) is 0. The maximum Gasteiger partial charge on any atom is 0.0476 e. The molecule has 0 amide bonds. The Kier molecular flexibility index (Phi) is 4.16. The third-order valence-electron chi connectivity index (χ3n) is 3.07. The first kappa shape index (κ1) is 11.8. The van der Waals surface area contributed by atoms with Gasteiger partial charge in [-0.3, -0.25) is 4.90 Å². The lowest BCUT2D eigenvalue weighted by molar-refractivity contribution is 0.177. The largest absolute Gasteiger partial charge is 0.314 e. The van der Waals surface area contributed by atoms with Crippen molar-refractivity contribution >= 4 is 11.3 Å². The summed E-state index contributed by atoms with van der Waals surface area (Å²) >= 11 is 1.92. The molecule has 1 saturated heterocycles. The Bertz CT molecular complexity index is 339. The fraction of sp³-hybridized carbons (Fsp3) is 0.538. The van der Waals surface area contributed by atoms with E-state index in [1.54, 1.807) is 0 Å². The van der Waals surface area contributed by atoms with Crippen LogP contribution in [0.3, 0.4) is 0 Å². The van der Waals surface area contributed by atoms with Crippen LogP contribution in [-0.2, 0) is 0 Å². The normalized spacial score (nSPS) is 19.6. The third kappa shape index (κ3) is 2.73. The zero-order valence-corrected chi connectivity index (χ0v) is 10.7. The lowest BCUT2D eigenvalue weighted by Crippen LogP contribution is -2.44. The number of piperazine rings is 1. The molecule has 1 fully saturated rings. The maximum absolute atomic E-state index is 3.89. The predicted octanol–water partition coefficient (Wildman–Crippen LogP) is 2.58. The van der Waals surface area contributed by atoms with Crippen LogP contribution < -0.4 is 5.32 Å². The van der Waals surface area contributed by atoms with E-state index < -0.39 is 0 Å². The zero-order valence-electron chi connectivity index (χ0n) is 9.91. The first-order valence-electron chi connectivity index (χ1n) is 5.93. The van der Waals surface area contributed by atoms with E-state index in [2.05, 4.69) is 35.9 Å². The van der Waals surface area contributed by atoms with Crippen LogP contribution in [0, 0.1) is 6.92 Å². The molecule has 0 radical (unpaired) electrons. The molecular weight excluding hydrogens is 216 g/mol. The molecule has 0 unspecified atom stereocenters. The molecule has 2 nitrogen and oxygen atoms in total. The Morgan fingerprint density at radius 3 is 2.81 bits per heavy atom. The molecular formula is C13H20N2S. The topological polar surface area (TPSA) is 15.3 Å². The van der Waals surface area contributed by atoms with Crippen LogP contribution in [0.5, 0.6) is 0 Å². The molecule has 1 N–H and O–H groups in total. The second-order valence-corrected chi connectivity index (χ2v) is 5.59. The van der Waals surface area contributed by atoms with E-state index in [-0.39, 0.29) is 0 Å². The van der Waals surface area contributed by atoms with Crippen LogP contribution in [0.1, 0.15) is 22.2 Å². The highest BCUT2D eigenvalue weighted by molar-refractivity contribution is 7.12. The highest BCUT2D eigenvalue weighted by atomic mass is 32.1. The van der Waals surface area contributed by atoms with Gasteiger partial charge in [0.2, 0.25) is 0 Å². The van der Waals surface area contributed by atoms with Crippen LogP contribution in [0.25, 0.3) is 0 Å². The first-order chi connectivity index (χ1) is 7.81. The predicted molar refractivity (Wildman–Crippen MR) is 71.1 cm³/mol. The van der Waals surface area contributed by atoms with Gasteiger partial charge < -0.3 is 5.32 Å². The number of aryl methyl sites for hydroxylation is 1. The summed E-state index contributed by atoms with van der Waals surface area (Å²) in [7, 11) is 0. The summed E-state index contributed by atoms with van der Waals surface area (Å²) in [5, 5.41) is 3.40. The van der Waals surface area contributed by atoms with Crippen molar-refractivity contribution in [3.05, 3.63) is 34.5 Å². The SMILES string of the molecule is C=CC[C@@H](c1ccc(C)s1)N1CCNCC1. The molecule has 1 aromatic heterocycles. The van der Waals surface area contributed by atoms with E-state index >= 15 is 0 Å². The van der Waals surface area contributed by atoms with Gasteiger partial charge in [0.05, 0.1) is 0 Å². The average molecular weight is 236 g/mol. The van der Waals surface area contributed by atoms with Gasteiger partial charge in [-0.25, -0.2) is 0 Å². The summed E-state index contributed by atoms with van der Waals surface area (Å²) in [5.41, 5.74) is 0. The van der Waals surface area contributed by atoms with Gasteiger partial charge in [0, 0.05) is 42.0 Å². The van der Waals surface area contributed by atoms with E-state index in [1.807, 2.05) is 17.4 Å². The molecule has 2 heterocycles. The van der Waals surface area contributed by atoms with E-state index in [0.717, 1.165) is 32.6 Å². The summed E-state index contributed by atoms with van der Waals surface area (Å²) in [6.07, 6.45) is 3.10. The maximum atomic E-state index is 3.89. The lowest BCUT2D eigenvalue weighted by Gasteiger charge is -2.34. The molecule has 0 bridgehead atoms. The molecule has 2 rings (SSSR count). The van der Waals surface area contributed by atoms with Crippen molar-refractivity contribution in [1.29, 1.82) is 0 Å². The van der Waals surface area contributed by atoms with Gasteiger partial charge in [-0.15, -0.1) is 17.9 Å². The average Bonchev–Trinajstić information content (AvgIpc) is 2.74. The van der Waals surface area contributed by atoms with E-state index in [9.17, 15) is 0 Å². The number of nitrogens with one attached hydrogen (secondary N) is 1. The van der Waals surface area contributed by atoms with E-state index in [1.165, 1.54) is 9.75 Å². The van der Waals surface area contributed by atoms with Crippen LogP contribution >= 0.6 is 11.3 Å². The second-order valence-electron chi connectivity index (χ2n) is 4.27. The van der Waals surface area contributed by atoms with Crippen molar-refractivity contribution < 1.29 is 0 Å². The smallest absolute Gasteiger partial charge is 0.0476 e. The molecule has 0 spiro atoms. The van der Waals surface area contributed by atoms with Crippen molar-refractivity contribution in [2.45, 2.75) is 19.4 Å². The quantitative estimate of drug-likeness (QED) is 0.808. The van der Waals surface area contributed by atoms with Gasteiger partial charge in [-0.1, -0.05) is 6.08 Å². The Labute approximate surface area is 102 Å². The van der Waals surface area contributed by atoms with Gasteiger partial charge in [0.25, 0.3) is 0 Å². The minimum atomic E-state index is 0.540. The molecule has 88 valence electrons. The molecule has 1 atom stereocenters. The Hall–Kier alpha value is -0.640. The summed E-state index contributed by atoms with van der Waals surface area (Å²) < 4.78 is 0. The Morgan fingerprint density at radius 1 is 1.50 bits per heavy atom. The second kappa shape index (κ2) is 5.62. The number of rotatable bonds is 4. The number of hydrogen-bond donors (Lipinski definition) is 1. The minimum absolute atomic E-state index is 0.540. The molecule has 1 aromatic rings. The van der Waals surface area contributed by atoms with Gasteiger partial charge >= 0.3 is 0 Å². The third-order valence-corrected chi connectivity index (χ3v) is 4.17. The zero-order chi connectivity index (χ0) is 11.4. The standard InChI is InChI=1S/C13H20N2S/c1-3-4-12(13-6-5-11(2)16-13)15-9-7-14-8-10-15/h3,5-6,12,14H,1,4,7-10H2,2H3/t12-/m0/s1. The van der Waals surface area contributed by atoms with Crippen molar-refractivity contribution in [3.63, 3.8) is 0 Å². The molecule has 1 aliphatic heterocycles. The number of hydrogen-bond acceptors (Lipinski definition) is 3. The van der Waals surface area contributed by atoms with Crippen LogP contribution in [-0.4, -0.2) is 31.1 Å². The highest BCUT2D eigenvalue weighted by Crippen LogP contribution is 2.30. The Balaban J connectivity index is 2.12. The van der Waals surface area contributed by atoms with Gasteiger partial charge in [0.1, 0.15) is 0 Å². The van der Waals surface area contributed by atoms with Crippen molar-refractivity contribution in [2.24, 2.45) is 0 Å². The fourth-order valence-electron chi connectivity index (χ4n) is 2.23. The molecule has 0 aliphatic carbocycles. The van der Waals surface area contributed by atoms with Gasteiger partial charge in [0.15, 0.2) is 0 Å². The lowest BCUT2D eigenvalue weighted by atomic mass is 10.1. The molecule has 16 heavy (non-hydrogen) atoms. The highest BCUT2D eigenvalue weighted by Gasteiger charge is 2.21. The molecule has 0 saturated carbocycles. The van der Waals surface area contributed by atoms with E-state index in [4.69, 9.17) is 0 Å². The van der Waals surface area contributed by atoms with Crippen molar-refractivity contribution in [1.82, 2.24) is 10.2 Å². The van der Waals surface area contributed by atoms with Gasteiger partial charge in [-0.2, -0.15) is 0 Å². The number of nitrogens with zero attached hydrogens (tertiary/aromatic N) is 1. The molecule has 3 heteroatoms. The summed E-state index contributed by atoms with van der Waals surface area (Å²) in [4.78, 5) is 5.46. The van der Waals surface area contributed by atoms with E-state index in [0.29, 0.717) is 6.04 Å². The van der Waals surface area contributed by atoms with Crippen LogP contribution in [0.15, 0.2) is 24.8 Å². The monoisotopic (exact) mass is 236 g/mol. The van der Waals surface area contributed by atoms with Gasteiger partial charge in [-0.05, 0) is 25.5 Å². The summed E-state index contributed by atoms with van der Waals surface area (Å²) in [6, 6.07) is 5.03. The van der Waals surface area contributed by atoms with Crippen LogP contribution in [0.2, 0.25) is 0 Å². The summed E-state index contributed by atoms with van der Waals surface area (Å²) in [6.45, 7) is 10.6. The van der Waals surface area contributed by atoms with Crippen molar-refractivity contribution in [2.75, 3.05) is 26.2 Å². The first-order valence-corrected chi connectivity index (χ1v) is 6.75. The molecule has 0 aromatic carbocycles. The van der Waals surface area contributed by atoms with Crippen LogP contribution in [0.4, 0.5) is 0 Å².